The van der Waals surface area contributed by atoms with Crippen molar-refractivity contribution in [2.45, 2.75) is 0 Å². The number of hydrogen-bond acceptors (Lipinski definition) is 0. The second kappa shape index (κ2) is 4.80. The molecule has 0 radical (unpaired) electrons. The van der Waals surface area contributed by atoms with Gasteiger partial charge in [-0.05, 0) is 0 Å². The van der Waals surface area contributed by atoms with Crippen LogP contribution in [0.25, 0.3) is 0 Å². The number of rotatable bonds is 0. The van der Waals surface area contributed by atoms with E-state index in [0.29, 0.717) is 0 Å². The summed E-state index contributed by atoms with van der Waals surface area (Å²) in [6.07, 6.45) is 0. The van der Waals surface area contributed by atoms with Gasteiger partial charge in [-0.2, -0.15) is 0 Å². The van der Waals surface area contributed by atoms with Crippen molar-refractivity contribution < 1.29 is 17.0 Å². The molecule has 0 unspecified atom stereocenters. The maximum atomic E-state index is 2.14. The van der Waals surface area contributed by atoms with E-state index in [2.05, 4.69) is 24.3 Å². The first-order valence-corrected chi connectivity index (χ1v) is 3.37. The summed E-state index contributed by atoms with van der Waals surface area (Å²) in [7, 11) is 0. The molecule has 2 heteroatoms. The molecular weight excluding hydrogens is 192 g/mol. The van der Waals surface area contributed by atoms with Crippen LogP contribution in [0, 0.1) is 0 Å². The van der Waals surface area contributed by atoms with Crippen molar-refractivity contribution >= 4 is 37.4 Å². The molecule has 0 aromatic heterocycles. The number of hydrogen-bond donors (Lipinski definition) is 0. The standard InChI is InChI=1S/C6H5.BrH.Ca/c1-2-4-6-5-3-1;;/h1-5H;1H;/q;;+1/p-1. The SMILES string of the molecule is [Br-].[Ca+][c]1ccccc1. The van der Waals surface area contributed by atoms with Crippen LogP contribution in [0.3, 0.4) is 0 Å². The van der Waals surface area contributed by atoms with Crippen LogP contribution in [0.4, 0.5) is 0 Å². The first-order chi connectivity index (χ1) is 3.39. The molecule has 0 spiro atoms. The molecule has 0 aliphatic heterocycles. The average molecular weight is 197 g/mol. The van der Waals surface area contributed by atoms with Gasteiger partial charge >= 0.3 is 67.8 Å². The fraction of sp³-hybridized carbons (Fsp3) is 0. The molecule has 0 aliphatic carbocycles. The molecule has 0 heterocycles. The zero-order valence-corrected chi connectivity index (χ0v) is 8.27. The van der Waals surface area contributed by atoms with Gasteiger partial charge in [0.2, 0.25) is 0 Å². The Morgan fingerprint density at radius 3 is 1.75 bits per heavy atom. The van der Waals surface area contributed by atoms with Crippen molar-refractivity contribution in [3.05, 3.63) is 30.3 Å². The van der Waals surface area contributed by atoms with Crippen molar-refractivity contribution in [3.8, 4) is 0 Å². The number of benzene rings is 1. The Morgan fingerprint density at radius 1 is 1.00 bits per heavy atom. The van der Waals surface area contributed by atoms with Crippen LogP contribution in [0.1, 0.15) is 0 Å². The zero-order chi connectivity index (χ0) is 5.11. The topological polar surface area (TPSA) is 0 Å². The minimum atomic E-state index is 0. The molecule has 8 heavy (non-hydrogen) atoms. The van der Waals surface area contributed by atoms with Gasteiger partial charge in [0.1, 0.15) is 0 Å². The molecule has 38 valence electrons. The Kier molecular flexibility index (Phi) is 5.38. The van der Waals surface area contributed by atoms with Crippen LogP contribution in [0.5, 0.6) is 0 Å². The van der Waals surface area contributed by atoms with Crippen LogP contribution in [0.15, 0.2) is 30.3 Å². The Bertz CT molecular complexity index is 138. The van der Waals surface area contributed by atoms with Crippen molar-refractivity contribution in [2.24, 2.45) is 0 Å². The molecule has 0 saturated heterocycles. The Balaban J connectivity index is 0.000000490. The second-order valence-electron chi connectivity index (χ2n) is 1.49. The maximum absolute atomic E-state index is 2.14. The van der Waals surface area contributed by atoms with E-state index in [4.69, 9.17) is 0 Å². The van der Waals surface area contributed by atoms with E-state index in [1.54, 1.807) is 0 Å². The Hall–Kier alpha value is 0.960. The predicted octanol–water partition coefficient (Wildman–Crippen LogP) is -2.52. The molecular formula is C6H5BrCa. The molecule has 0 nitrogen and oxygen atoms in total. The predicted molar refractivity (Wildman–Crippen MR) is 31.8 cm³/mol. The van der Waals surface area contributed by atoms with E-state index < -0.39 is 0 Å². The van der Waals surface area contributed by atoms with E-state index in [1.807, 2.05) is 6.07 Å². The monoisotopic (exact) mass is 196 g/mol. The summed E-state index contributed by atoms with van der Waals surface area (Å²) in [6.45, 7) is 0. The van der Waals surface area contributed by atoms with Crippen LogP contribution in [0.2, 0.25) is 0 Å². The van der Waals surface area contributed by atoms with Gasteiger partial charge in [0.25, 0.3) is 0 Å². The number of halogens is 1. The first-order valence-electron chi connectivity index (χ1n) is 2.26. The summed E-state index contributed by atoms with van der Waals surface area (Å²) >= 11 is 1.26. The quantitative estimate of drug-likeness (QED) is 0.403. The van der Waals surface area contributed by atoms with Gasteiger partial charge in [-0.25, -0.2) is 0 Å². The molecule has 0 N–H and O–H groups in total. The van der Waals surface area contributed by atoms with Gasteiger partial charge in [-0.15, -0.1) is 0 Å². The first kappa shape index (κ1) is 8.96. The van der Waals surface area contributed by atoms with Crippen molar-refractivity contribution in [1.82, 2.24) is 0 Å². The molecule has 0 amide bonds. The average Bonchev–Trinajstić information content (AvgIpc) is 1.69. The molecule has 0 saturated carbocycles. The normalized spacial score (nSPS) is 7.75. The van der Waals surface area contributed by atoms with Gasteiger partial charge in [-0.1, -0.05) is 0 Å². The van der Waals surface area contributed by atoms with Gasteiger partial charge in [-0.3, -0.25) is 0 Å². The van der Waals surface area contributed by atoms with Crippen molar-refractivity contribution in [1.29, 1.82) is 0 Å². The van der Waals surface area contributed by atoms with Gasteiger partial charge in [0, 0.05) is 0 Å². The molecule has 1 aromatic carbocycles. The zero-order valence-electron chi connectivity index (χ0n) is 4.47. The van der Waals surface area contributed by atoms with Crippen LogP contribution >= 0.6 is 0 Å². The van der Waals surface area contributed by atoms with Crippen molar-refractivity contribution in [3.63, 3.8) is 0 Å². The third kappa shape index (κ3) is 3.08. The van der Waals surface area contributed by atoms with E-state index in [1.165, 1.54) is 37.4 Å². The van der Waals surface area contributed by atoms with E-state index >= 15 is 0 Å². The molecule has 0 fully saturated rings. The van der Waals surface area contributed by atoms with Crippen LogP contribution < -0.4 is 18.6 Å². The minimum absolute atomic E-state index is 0. The molecule has 0 bridgehead atoms. The fourth-order valence-corrected chi connectivity index (χ4v) is 0.903. The molecule has 0 atom stereocenters. The van der Waals surface area contributed by atoms with E-state index in [9.17, 15) is 0 Å². The van der Waals surface area contributed by atoms with Gasteiger partial charge in [0.15, 0.2) is 0 Å². The van der Waals surface area contributed by atoms with E-state index in [-0.39, 0.29) is 17.0 Å². The molecule has 0 aliphatic rings. The molecule has 1 aromatic rings. The van der Waals surface area contributed by atoms with Crippen molar-refractivity contribution in [2.75, 3.05) is 0 Å². The van der Waals surface area contributed by atoms with Crippen LogP contribution in [-0.2, 0) is 0 Å². The Morgan fingerprint density at radius 2 is 1.50 bits per heavy atom. The van der Waals surface area contributed by atoms with Gasteiger partial charge in [0.05, 0.1) is 0 Å². The van der Waals surface area contributed by atoms with Gasteiger partial charge < -0.3 is 17.0 Å². The summed E-state index contributed by atoms with van der Waals surface area (Å²) in [5.41, 5.74) is 0. The Labute approximate surface area is 83.7 Å². The van der Waals surface area contributed by atoms with E-state index in [0.717, 1.165) is 0 Å². The second-order valence-corrected chi connectivity index (χ2v) is 2.76. The summed E-state index contributed by atoms with van der Waals surface area (Å²) in [6, 6.07) is 10.5. The fourth-order valence-electron chi connectivity index (χ4n) is 0.478. The summed E-state index contributed by atoms with van der Waals surface area (Å²) in [5, 5.41) is 0. The van der Waals surface area contributed by atoms with Crippen LogP contribution in [-0.4, -0.2) is 35.8 Å². The molecule has 1 rings (SSSR count). The summed E-state index contributed by atoms with van der Waals surface area (Å²) in [4.78, 5) is 0. The third-order valence-corrected chi connectivity index (χ3v) is 1.58. The summed E-state index contributed by atoms with van der Waals surface area (Å²) in [5.74, 6) is 0. The summed E-state index contributed by atoms with van der Waals surface area (Å²) < 4.78 is 1.45. The third-order valence-electron chi connectivity index (χ3n) is 0.843.